The Morgan fingerprint density at radius 2 is 1.43 bits per heavy atom. The Balaban J connectivity index is 1.95. The molecule has 0 spiro atoms. The van der Waals surface area contributed by atoms with E-state index >= 15 is 0 Å². The summed E-state index contributed by atoms with van der Waals surface area (Å²) in [6.07, 6.45) is 0. The summed E-state index contributed by atoms with van der Waals surface area (Å²) in [5, 5.41) is 6.45. The number of aryl methyl sites for hydroxylation is 1. The minimum absolute atomic E-state index is 0.111. The lowest BCUT2D eigenvalue weighted by atomic mass is 9.98. The van der Waals surface area contributed by atoms with Crippen LogP contribution in [0.1, 0.15) is 30.9 Å². The number of benzene rings is 2. The third-order valence-electron chi connectivity index (χ3n) is 4.34. The first kappa shape index (κ1) is 22.2. The first-order valence-corrected chi connectivity index (χ1v) is 9.89. The number of rotatable bonds is 7. The van der Waals surface area contributed by atoms with Crippen molar-refractivity contribution in [1.82, 2.24) is 0 Å². The molecule has 2 rings (SSSR count). The molecule has 0 aromatic heterocycles. The van der Waals surface area contributed by atoms with E-state index in [0.29, 0.717) is 21.7 Å². The van der Waals surface area contributed by atoms with E-state index in [9.17, 15) is 9.59 Å². The zero-order valence-corrected chi connectivity index (χ0v) is 18.0. The minimum atomic E-state index is -0.265. The maximum Gasteiger partial charge on any atom is 0.279 e. The molecule has 150 valence electrons. The molecular weight excluding hydrogens is 397 g/mol. The van der Waals surface area contributed by atoms with Crippen molar-refractivity contribution < 1.29 is 14.5 Å². The maximum absolute atomic E-state index is 12.5. The van der Waals surface area contributed by atoms with Gasteiger partial charge in [0, 0.05) is 5.69 Å². The Morgan fingerprint density at radius 1 is 0.929 bits per heavy atom. The highest BCUT2D eigenvalue weighted by atomic mass is 35.5. The number of carbonyl (C=O) groups excluding carboxylic acids is 2. The average molecular weight is 423 g/mol. The van der Waals surface area contributed by atoms with Gasteiger partial charge in [0.2, 0.25) is 0 Å². The van der Waals surface area contributed by atoms with Crippen LogP contribution >= 0.6 is 23.2 Å². The van der Waals surface area contributed by atoms with Crippen LogP contribution < -0.4 is 15.5 Å². The molecule has 1 atom stereocenters. The number of likely N-dealkylation sites (N-methyl/N-ethyl adjacent to an activating group) is 1. The highest BCUT2D eigenvalue weighted by Gasteiger charge is 2.18. The predicted octanol–water partition coefficient (Wildman–Crippen LogP) is 3.52. The van der Waals surface area contributed by atoms with Crippen molar-refractivity contribution in [3.8, 4) is 0 Å². The zero-order valence-electron chi connectivity index (χ0n) is 16.5. The molecule has 3 N–H and O–H groups in total. The number of carbonyl (C=O) groups is 2. The summed E-state index contributed by atoms with van der Waals surface area (Å²) in [7, 11) is 1.79. The third-order valence-corrected chi connectivity index (χ3v) is 4.97. The van der Waals surface area contributed by atoms with Gasteiger partial charge in [0.1, 0.15) is 0 Å². The Labute approximate surface area is 176 Å². The number of halogens is 2. The molecular formula is C21H26Cl2N3O2+. The van der Waals surface area contributed by atoms with Gasteiger partial charge < -0.3 is 15.5 Å². The Hall–Kier alpha value is -2.08. The third kappa shape index (κ3) is 5.96. The zero-order chi connectivity index (χ0) is 20.8. The van der Waals surface area contributed by atoms with Crippen LogP contribution in [0.15, 0.2) is 36.4 Å². The van der Waals surface area contributed by atoms with Crippen LogP contribution in [0.25, 0.3) is 0 Å². The van der Waals surface area contributed by atoms with E-state index in [0.717, 1.165) is 21.7 Å². The smallest absolute Gasteiger partial charge is 0.279 e. The highest BCUT2D eigenvalue weighted by molar-refractivity contribution is 6.39. The number of quaternary nitrogens is 1. The number of anilines is 2. The van der Waals surface area contributed by atoms with Gasteiger partial charge in [0.05, 0.1) is 22.8 Å². The molecule has 0 aliphatic carbocycles. The molecule has 7 heteroatoms. The van der Waals surface area contributed by atoms with Crippen LogP contribution in [0.5, 0.6) is 0 Å². The molecule has 1 unspecified atom stereocenters. The van der Waals surface area contributed by atoms with E-state index in [1.165, 1.54) is 0 Å². The lowest BCUT2D eigenvalue weighted by molar-refractivity contribution is -0.862. The van der Waals surface area contributed by atoms with Crippen molar-refractivity contribution in [3.63, 3.8) is 0 Å². The second kappa shape index (κ2) is 9.92. The van der Waals surface area contributed by atoms with Gasteiger partial charge in [0.15, 0.2) is 13.1 Å². The van der Waals surface area contributed by atoms with Gasteiger partial charge in [0.25, 0.3) is 11.8 Å². The van der Waals surface area contributed by atoms with E-state index in [2.05, 4.69) is 24.5 Å². The SMILES string of the molecule is Cc1cccc(C(C)C)c1NC(=O)C[NH+](C)CC(=O)Nc1c(Cl)cccc1Cl. The van der Waals surface area contributed by atoms with Gasteiger partial charge in [-0.05, 0) is 36.1 Å². The van der Waals surface area contributed by atoms with E-state index in [1.807, 2.05) is 25.1 Å². The van der Waals surface area contributed by atoms with Crippen LogP contribution in [-0.2, 0) is 9.59 Å². The largest absolute Gasteiger partial charge is 0.322 e. The fourth-order valence-corrected chi connectivity index (χ4v) is 3.43. The minimum Gasteiger partial charge on any atom is -0.322 e. The van der Waals surface area contributed by atoms with E-state index in [4.69, 9.17) is 23.2 Å². The molecule has 0 radical (unpaired) electrons. The topological polar surface area (TPSA) is 62.6 Å². The van der Waals surface area contributed by atoms with Gasteiger partial charge in [-0.2, -0.15) is 0 Å². The molecule has 5 nitrogen and oxygen atoms in total. The maximum atomic E-state index is 12.5. The molecule has 0 saturated heterocycles. The number of nitrogens with one attached hydrogen (secondary N) is 3. The van der Waals surface area contributed by atoms with E-state index < -0.39 is 0 Å². The molecule has 0 bridgehead atoms. The number of hydrogen-bond acceptors (Lipinski definition) is 2. The highest BCUT2D eigenvalue weighted by Crippen LogP contribution is 2.29. The standard InChI is InChI=1S/C21H25Cl2N3O2/c1-13(2)15-8-5-7-14(3)20(15)24-18(27)11-26(4)12-19(28)25-21-16(22)9-6-10-17(21)23/h5-10,13H,11-12H2,1-4H3,(H,24,27)(H,25,28)/p+1. The fourth-order valence-electron chi connectivity index (χ4n) is 2.94. The lowest BCUT2D eigenvalue weighted by Crippen LogP contribution is -3.11. The Kier molecular flexibility index (Phi) is 7.87. The van der Waals surface area contributed by atoms with Gasteiger partial charge in [-0.3, -0.25) is 9.59 Å². The summed E-state index contributed by atoms with van der Waals surface area (Å²) in [5.74, 6) is -0.109. The predicted molar refractivity (Wildman–Crippen MR) is 116 cm³/mol. The van der Waals surface area contributed by atoms with Crippen molar-refractivity contribution in [2.75, 3.05) is 30.8 Å². The van der Waals surface area contributed by atoms with E-state index in [1.54, 1.807) is 25.2 Å². The quantitative estimate of drug-likeness (QED) is 0.638. The van der Waals surface area contributed by atoms with Crippen LogP contribution in [0.4, 0.5) is 11.4 Å². The number of para-hydroxylation sites is 2. The molecule has 28 heavy (non-hydrogen) atoms. The molecule has 2 aromatic rings. The van der Waals surface area contributed by atoms with E-state index in [-0.39, 0.29) is 24.9 Å². The Morgan fingerprint density at radius 3 is 1.96 bits per heavy atom. The van der Waals surface area contributed by atoms with Gasteiger partial charge in [-0.1, -0.05) is 61.3 Å². The van der Waals surface area contributed by atoms with Crippen molar-refractivity contribution >= 4 is 46.4 Å². The van der Waals surface area contributed by atoms with Crippen molar-refractivity contribution in [3.05, 3.63) is 57.6 Å². The molecule has 0 aliphatic heterocycles. The fraction of sp³-hybridized carbons (Fsp3) is 0.333. The van der Waals surface area contributed by atoms with Gasteiger partial charge in [-0.15, -0.1) is 0 Å². The second-order valence-corrected chi connectivity index (χ2v) is 8.01. The average Bonchev–Trinajstić information content (AvgIpc) is 2.59. The Bertz CT molecular complexity index is 848. The summed E-state index contributed by atoms with van der Waals surface area (Å²) >= 11 is 12.1. The summed E-state index contributed by atoms with van der Waals surface area (Å²) < 4.78 is 0. The summed E-state index contributed by atoms with van der Waals surface area (Å²) in [5.41, 5.74) is 3.34. The van der Waals surface area contributed by atoms with Crippen LogP contribution in [0.3, 0.4) is 0 Å². The number of amides is 2. The van der Waals surface area contributed by atoms with Gasteiger partial charge >= 0.3 is 0 Å². The molecule has 0 saturated carbocycles. The summed E-state index contributed by atoms with van der Waals surface area (Å²) in [6, 6.07) is 11.0. The molecule has 0 heterocycles. The van der Waals surface area contributed by atoms with Crippen LogP contribution in [-0.4, -0.2) is 32.0 Å². The van der Waals surface area contributed by atoms with Crippen LogP contribution in [0, 0.1) is 6.92 Å². The molecule has 0 fully saturated rings. The van der Waals surface area contributed by atoms with Crippen LogP contribution in [0.2, 0.25) is 10.0 Å². The lowest BCUT2D eigenvalue weighted by Gasteiger charge is -2.18. The second-order valence-electron chi connectivity index (χ2n) is 7.20. The molecule has 2 aromatic carbocycles. The normalized spacial score (nSPS) is 12.0. The van der Waals surface area contributed by atoms with Crippen molar-refractivity contribution in [1.29, 1.82) is 0 Å². The van der Waals surface area contributed by atoms with Gasteiger partial charge in [-0.25, -0.2) is 0 Å². The summed E-state index contributed by atoms with van der Waals surface area (Å²) in [6.45, 7) is 6.42. The number of hydrogen-bond donors (Lipinski definition) is 3. The van der Waals surface area contributed by atoms with Crippen molar-refractivity contribution in [2.24, 2.45) is 0 Å². The first-order chi connectivity index (χ1) is 13.2. The van der Waals surface area contributed by atoms with Crippen molar-refractivity contribution in [2.45, 2.75) is 26.7 Å². The monoisotopic (exact) mass is 422 g/mol. The molecule has 2 amide bonds. The summed E-state index contributed by atoms with van der Waals surface area (Å²) in [4.78, 5) is 25.5. The first-order valence-electron chi connectivity index (χ1n) is 9.13. The molecule has 0 aliphatic rings.